The Kier molecular flexibility index (Phi) is 7.48. The number of nitrogens with one attached hydrogen (secondary N) is 1. The molecule has 0 aliphatic carbocycles. The number of carbonyl (C=O) groups is 2. The zero-order chi connectivity index (χ0) is 22.5. The van der Waals surface area contributed by atoms with Crippen LogP contribution in [0.15, 0.2) is 42.5 Å². The number of halogens is 1. The molecule has 0 saturated carbocycles. The van der Waals surface area contributed by atoms with E-state index in [1.54, 1.807) is 4.90 Å². The smallest absolute Gasteiger partial charge is 0.253 e. The minimum Gasteiger partial charge on any atom is -0.339 e. The van der Waals surface area contributed by atoms with Crippen LogP contribution < -0.4 is 5.32 Å². The molecule has 7 heteroatoms. The summed E-state index contributed by atoms with van der Waals surface area (Å²) < 4.78 is 13.1. The SMILES string of the molecule is Cc1c(CN2CCSCC2)cccc1NC(=O)C1CCN(C(=O)c2ccc(F)cc2)CC1. The van der Waals surface area contributed by atoms with Gasteiger partial charge < -0.3 is 10.2 Å². The van der Waals surface area contributed by atoms with E-state index in [1.165, 1.54) is 41.3 Å². The number of likely N-dealkylation sites (tertiary alicyclic amines) is 1. The molecule has 2 aromatic carbocycles. The van der Waals surface area contributed by atoms with E-state index in [9.17, 15) is 14.0 Å². The summed E-state index contributed by atoms with van der Waals surface area (Å²) >= 11 is 2.00. The van der Waals surface area contributed by atoms with Gasteiger partial charge >= 0.3 is 0 Å². The number of thioether (sulfide) groups is 1. The molecular weight excluding hydrogens is 425 g/mol. The topological polar surface area (TPSA) is 52.7 Å². The molecule has 2 aliphatic heterocycles. The van der Waals surface area contributed by atoms with Gasteiger partial charge in [0, 0.05) is 61.4 Å². The second-order valence-corrected chi connectivity index (χ2v) is 9.77. The lowest BCUT2D eigenvalue weighted by Crippen LogP contribution is -2.41. The first kappa shape index (κ1) is 22.8. The number of piperidine rings is 1. The highest BCUT2D eigenvalue weighted by atomic mass is 32.2. The minimum atomic E-state index is -0.355. The van der Waals surface area contributed by atoms with Crippen molar-refractivity contribution in [1.29, 1.82) is 0 Å². The van der Waals surface area contributed by atoms with Crippen LogP contribution in [-0.2, 0) is 11.3 Å². The van der Waals surface area contributed by atoms with Crippen molar-refractivity contribution in [1.82, 2.24) is 9.80 Å². The molecule has 170 valence electrons. The Bertz CT molecular complexity index is 952. The van der Waals surface area contributed by atoms with Crippen molar-refractivity contribution in [3.05, 3.63) is 65.0 Å². The summed E-state index contributed by atoms with van der Waals surface area (Å²) in [6, 6.07) is 11.7. The van der Waals surface area contributed by atoms with Gasteiger partial charge in [0.25, 0.3) is 5.91 Å². The molecule has 4 rings (SSSR count). The Morgan fingerprint density at radius 3 is 2.41 bits per heavy atom. The first-order valence-electron chi connectivity index (χ1n) is 11.3. The van der Waals surface area contributed by atoms with Gasteiger partial charge in [0.15, 0.2) is 0 Å². The Morgan fingerprint density at radius 1 is 1.03 bits per heavy atom. The highest BCUT2D eigenvalue weighted by molar-refractivity contribution is 7.99. The van der Waals surface area contributed by atoms with Crippen molar-refractivity contribution in [2.75, 3.05) is 43.0 Å². The largest absolute Gasteiger partial charge is 0.339 e. The summed E-state index contributed by atoms with van der Waals surface area (Å²) in [4.78, 5) is 29.8. The van der Waals surface area contributed by atoms with E-state index in [1.807, 2.05) is 23.9 Å². The van der Waals surface area contributed by atoms with E-state index in [4.69, 9.17) is 0 Å². The van der Waals surface area contributed by atoms with E-state index in [-0.39, 0.29) is 23.5 Å². The highest BCUT2D eigenvalue weighted by Gasteiger charge is 2.28. The van der Waals surface area contributed by atoms with Crippen LogP contribution in [0.3, 0.4) is 0 Å². The first-order chi connectivity index (χ1) is 15.5. The van der Waals surface area contributed by atoms with E-state index in [0.29, 0.717) is 31.5 Å². The fraction of sp³-hybridized carbons (Fsp3) is 0.440. The monoisotopic (exact) mass is 455 g/mol. The number of rotatable bonds is 5. The predicted molar refractivity (Wildman–Crippen MR) is 127 cm³/mol. The second-order valence-electron chi connectivity index (χ2n) is 8.54. The van der Waals surface area contributed by atoms with Crippen molar-refractivity contribution in [3.63, 3.8) is 0 Å². The van der Waals surface area contributed by atoms with Crippen LogP contribution in [0.2, 0.25) is 0 Å². The minimum absolute atomic E-state index is 0.0218. The van der Waals surface area contributed by atoms with Crippen LogP contribution in [0.4, 0.5) is 10.1 Å². The van der Waals surface area contributed by atoms with E-state index < -0.39 is 0 Å². The average molecular weight is 456 g/mol. The van der Waals surface area contributed by atoms with Crippen molar-refractivity contribution in [2.45, 2.75) is 26.3 Å². The van der Waals surface area contributed by atoms with E-state index in [2.05, 4.69) is 23.2 Å². The molecule has 0 bridgehead atoms. The van der Waals surface area contributed by atoms with Gasteiger partial charge in [-0.25, -0.2) is 4.39 Å². The zero-order valence-electron chi connectivity index (χ0n) is 18.5. The summed E-state index contributed by atoms with van der Waals surface area (Å²) in [6.07, 6.45) is 1.26. The normalized spacial score (nSPS) is 17.9. The van der Waals surface area contributed by atoms with Crippen LogP contribution >= 0.6 is 11.8 Å². The quantitative estimate of drug-likeness (QED) is 0.735. The van der Waals surface area contributed by atoms with E-state index in [0.717, 1.165) is 30.9 Å². The predicted octanol–water partition coefficient (Wildman–Crippen LogP) is 4.17. The molecule has 2 aliphatic rings. The third-order valence-corrected chi connectivity index (χ3v) is 7.39. The number of amides is 2. The van der Waals surface area contributed by atoms with Gasteiger partial charge in [-0.2, -0.15) is 11.8 Å². The lowest BCUT2D eigenvalue weighted by atomic mass is 9.95. The maximum absolute atomic E-state index is 13.1. The Hall–Kier alpha value is -2.38. The third-order valence-electron chi connectivity index (χ3n) is 6.45. The molecule has 32 heavy (non-hydrogen) atoms. The standard InChI is InChI=1S/C25H30FN3O2S/c1-18-21(17-28-13-15-32-16-14-28)3-2-4-23(18)27-24(30)19-9-11-29(12-10-19)25(31)20-5-7-22(26)8-6-20/h2-8,19H,9-17H2,1H3,(H,27,30). The van der Waals surface area contributed by atoms with Crippen LogP contribution in [-0.4, -0.2) is 59.3 Å². The van der Waals surface area contributed by atoms with Gasteiger partial charge in [-0.1, -0.05) is 12.1 Å². The molecule has 2 saturated heterocycles. The molecule has 0 radical (unpaired) electrons. The Morgan fingerprint density at radius 2 is 1.72 bits per heavy atom. The number of nitrogens with zero attached hydrogens (tertiary/aromatic N) is 2. The Balaban J connectivity index is 1.32. The molecule has 5 nitrogen and oxygen atoms in total. The molecule has 0 aromatic heterocycles. The summed E-state index contributed by atoms with van der Waals surface area (Å²) in [7, 11) is 0. The number of carbonyl (C=O) groups excluding carboxylic acids is 2. The highest BCUT2D eigenvalue weighted by Crippen LogP contribution is 2.25. The summed E-state index contributed by atoms with van der Waals surface area (Å²) in [5.41, 5.74) is 3.75. The lowest BCUT2D eigenvalue weighted by molar-refractivity contribution is -0.121. The van der Waals surface area contributed by atoms with Gasteiger partial charge in [0.2, 0.25) is 5.91 Å². The van der Waals surface area contributed by atoms with Gasteiger partial charge in [-0.15, -0.1) is 0 Å². The van der Waals surface area contributed by atoms with Crippen molar-refractivity contribution >= 4 is 29.3 Å². The van der Waals surface area contributed by atoms with Crippen LogP contribution in [0, 0.1) is 18.7 Å². The fourth-order valence-corrected chi connectivity index (χ4v) is 5.32. The van der Waals surface area contributed by atoms with Gasteiger partial charge in [-0.05, 0) is 61.2 Å². The van der Waals surface area contributed by atoms with Crippen molar-refractivity contribution in [2.24, 2.45) is 5.92 Å². The molecule has 0 spiro atoms. The number of anilines is 1. The molecule has 0 atom stereocenters. The zero-order valence-corrected chi connectivity index (χ0v) is 19.3. The summed E-state index contributed by atoms with van der Waals surface area (Å²) in [5.74, 6) is 1.80. The molecule has 1 N–H and O–H groups in total. The maximum atomic E-state index is 13.1. The number of benzene rings is 2. The first-order valence-corrected chi connectivity index (χ1v) is 12.4. The van der Waals surface area contributed by atoms with Gasteiger partial charge in [0.05, 0.1) is 0 Å². The number of hydrogen-bond acceptors (Lipinski definition) is 4. The van der Waals surface area contributed by atoms with E-state index >= 15 is 0 Å². The van der Waals surface area contributed by atoms with Crippen LogP contribution in [0.1, 0.15) is 34.3 Å². The molecule has 2 fully saturated rings. The lowest BCUT2D eigenvalue weighted by Gasteiger charge is -2.31. The maximum Gasteiger partial charge on any atom is 0.253 e. The van der Waals surface area contributed by atoms with Crippen LogP contribution in [0.5, 0.6) is 0 Å². The third kappa shape index (κ3) is 5.51. The number of hydrogen-bond donors (Lipinski definition) is 1. The van der Waals surface area contributed by atoms with Crippen molar-refractivity contribution in [3.8, 4) is 0 Å². The molecular formula is C25H30FN3O2S. The summed E-state index contributed by atoms with van der Waals surface area (Å²) in [6.45, 7) is 6.26. The van der Waals surface area contributed by atoms with Gasteiger partial charge in [-0.3, -0.25) is 14.5 Å². The fourth-order valence-electron chi connectivity index (χ4n) is 4.34. The van der Waals surface area contributed by atoms with Crippen molar-refractivity contribution < 1.29 is 14.0 Å². The second kappa shape index (κ2) is 10.5. The average Bonchev–Trinajstić information content (AvgIpc) is 2.82. The van der Waals surface area contributed by atoms with Gasteiger partial charge in [0.1, 0.15) is 5.82 Å². The Labute approximate surface area is 193 Å². The molecule has 0 unspecified atom stereocenters. The molecule has 2 amide bonds. The molecule has 2 aromatic rings. The summed E-state index contributed by atoms with van der Waals surface area (Å²) in [5, 5.41) is 3.13. The molecule has 2 heterocycles. The van der Waals surface area contributed by atoms with Crippen LogP contribution in [0.25, 0.3) is 0 Å².